The van der Waals surface area contributed by atoms with Gasteiger partial charge in [0.25, 0.3) is 0 Å². The normalized spacial score (nSPS) is 24.4. The van der Waals surface area contributed by atoms with Crippen molar-refractivity contribution in [3.05, 3.63) is 54.4 Å². The highest BCUT2D eigenvalue weighted by molar-refractivity contribution is 5.91. The number of carbonyl (C=O) groups excluding carboxylic acids is 1. The van der Waals surface area contributed by atoms with E-state index in [1.807, 2.05) is 25.4 Å². The lowest BCUT2D eigenvalue weighted by Gasteiger charge is -2.13. The fourth-order valence-electron chi connectivity index (χ4n) is 2.95. The van der Waals surface area contributed by atoms with Crippen LogP contribution in [0.3, 0.4) is 0 Å². The monoisotopic (exact) mass is 266 g/mol. The predicted octanol–water partition coefficient (Wildman–Crippen LogP) is 2.78. The molecular formula is C17H18N2O. The van der Waals surface area contributed by atoms with Crippen molar-refractivity contribution in [2.45, 2.75) is 24.8 Å². The van der Waals surface area contributed by atoms with Crippen LogP contribution in [0.1, 0.15) is 24.8 Å². The van der Waals surface area contributed by atoms with Crippen molar-refractivity contribution in [2.75, 3.05) is 7.05 Å². The minimum absolute atomic E-state index is 0.223. The van der Waals surface area contributed by atoms with Crippen molar-refractivity contribution in [1.29, 1.82) is 0 Å². The van der Waals surface area contributed by atoms with Crippen LogP contribution in [0.4, 0.5) is 0 Å². The van der Waals surface area contributed by atoms with Crippen LogP contribution in [0.2, 0.25) is 0 Å². The van der Waals surface area contributed by atoms with E-state index in [0.29, 0.717) is 5.92 Å². The Morgan fingerprint density at radius 3 is 2.50 bits per heavy atom. The van der Waals surface area contributed by atoms with Gasteiger partial charge in [0.15, 0.2) is 0 Å². The van der Waals surface area contributed by atoms with Gasteiger partial charge in [0, 0.05) is 18.3 Å². The third-order valence-corrected chi connectivity index (χ3v) is 4.34. The number of nitrogens with zero attached hydrogens (tertiary/aromatic N) is 1. The summed E-state index contributed by atoms with van der Waals surface area (Å²) in [6.07, 6.45) is 4.53. The first-order valence-electron chi connectivity index (χ1n) is 6.88. The largest absolute Gasteiger partial charge is 0.307 e. The topological polar surface area (TPSA) is 42.0 Å². The van der Waals surface area contributed by atoms with E-state index in [2.05, 4.69) is 34.6 Å². The molecule has 0 spiro atoms. The average molecular weight is 266 g/mol. The third kappa shape index (κ3) is 2.04. The Morgan fingerprint density at radius 1 is 1.25 bits per heavy atom. The molecule has 1 aliphatic rings. The summed E-state index contributed by atoms with van der Waals surface area (Å²) in [6, 6.07) is 12.4. The minimum Gasteiger partial charge on any atom is -0.307 e. The van der Waals surface area contributed by atoms with Gasteiger partial charge >= 0.3 is 0 Å². The van der Waals surface area contributed by atoms with Crippen LogP contribution in [-0.2, 0) is 4.79 Å². The second kappa shape index (κ2) is 4.84. The fourth-order valence-corrected chi connectivity index (χ4v) is 2.95. The zero-order chi connectivity index (χ0) is 14.2. The molecule has 0 radical (unpaired) electrons. The maximum Gasteiger partial charge on any atom is 0.150 e. The summed E-state index contributed by atoms with van der Waals surface area (Å²) < 4.78 is 0. The van der Waals surface area contributed by atoms with E-state index >= 15 is 0 Å². The van der Waals surface area contributed by atoms with Gasteiger partial charge in [0.2, 0.25) is 0 Å². The Kier molecular flexibility index (Phi) is 3.14. The minimum atomic E-state index is -0.337. The van der Waals surface area contributed by atoms with Gasteiger partial charge in [0.05, 0.1) is 5.54 Å². The average Bonchev–Trinajstić information content (AvgIpc) is 3.25. The van der Waals surface area contributed by atoms with Crippen LogP contribution < -0.4 is 5.32 Å². The molecule has 1 saturated carbocycles. The molecule has 3 heteroatoms. The van der Waals surface area contributed by atoms with Gasteiger partial charge in [-0.15, -0.1) is 0 Å². The molecule has 0 aliphatic heterocycles. The molecule has 1 unspecified atom stereocenters. The molecule has 0 amide bonds. The highest BCUT2D eigenvalue weighted by Crippen LogP contribution is 2.51. The van der Waals surface area contributed by atoms with Crippen molar-refractivity contribution in [3.8, 4) is 11.1 Å². The molecule has 20 heavy (non-hydrogen) atoms. The summed E-state index contributed by atoms with van der Waals surface area (Å²) in [4.78, 5) is 15.9. The number of nitrogens with one attached hydrogen (secondary N) is 1. The van der Waals surface area contributed by atoms with Gasteiger partial charge < -0.3 is 5.32 Å². The second-order valence-electron chi connectivity index (χ2n) is 5.40. The first-order chi connectivity index (χ1) is 9.67. The smallest absolute Gasteiger partial charge is 0.150 e. The highest BCUT2D eigenvalue weighted by Gasteiger charge is 2.57. The molecule has 1 fully saturated rings. The van der Waals surface area contributed by atoms with Crippen molar-refractivity contribution in [3.63, 3.8) is 0 Å². The van der Waals surface area contributed by atoms with E-state index in [9.17, 15) is 4.79 Å². The Hall–Kier alpha value is -2.00. The number of rotatable bonds is 4. The predicted molar refractivity (Wildman–Crippen MR) is 79.5 cm³/mol. The number of pyridine rings is 1. The zero-order valence-electron chi connectivity index (χ0n) is 11.8. The molecule has 1 aromatic heterocycles. The maximum atomic E-state index is 11.8. The van der Waals surface area contributed by atoms with E-state index in [1.54, 1.807) is 13.1 Å². The first kappa shape index (κ1) is 13.0. The molecular weight excluding hydrogens is 248 g/mol. The summed E-state index contributed by atoms with van der Waals surface area (Å²) in [6.45, 7) is 1.67. The molecule has 1 N–H and O–H groups in total. The number of Topliss-reactive ketones (excluding diaryl/α,β-unsaturated/α-hetero) is 1. The quantitative estimate of drug-likeness (QED) is 0.925. The zero-order valence-corrected chi connectivity index (χ0v) is 11.8. The van der Waals surface area contributed by atoms with Crippen molar-refractivity contribution >= 4 is 5.78 Å². The number of benzene rings is 1. The van der Waals surface area contributed by atoms with Crippen LogP contribution in [-0.4, -0.2) is 23.4 Å². The Morgan fingerprint density at radius 2 is 2.00 bits per heavy atom. The molecule has 0 bridgehead atoms. The molecule has 102 valence electrons. The summed E-state index contributed by atoms with van der Waals surface area (Å²) in [5.74, 6) is 0.522. The van der Waals surface area contributed by atoms with Gasteiger partial charge in [-0.2, -0.15) is 0 Å². The van der Waals surface area contributed by atoms with Gasteiger partial charge in [-0.1, -0.05) is 30.3 Å². The number of carbonyl (C=O) groups is 1. The standard InChI is InChI=1S/C17H18N2O/c1-12(20)17(18-2)10-16(17)14-7-5-13(6-8-14)15-4-3-9-19-11-15/h3-9,11,16,18H,10H2,1-2H3/t16-,17?/m0/s1. The molecule has 0 saturated heterocycles. The summed E-state index contributed by atoms with van der Waals surface area (Å²) in [5.41, 5.74) is 3.15. The Labute approximate surface area is 119 Å². The Balaban J connectivity index is 1.84. The third-order valence-electron chi connectivity index (χ3n) is 4.34. The lowest BCUT2D eigenvalue weighted by Crippen LogP contribution is -2.36. The second-order valence-corrected chi connectivity index (χ2v) is 5.40. The molecule has 1 heterocycles. The number of likely N-dealkylation sites (N-methyl/N-ethyl adjacent to an activating group) is 1. The van der Waals surface area contributed by atoms with E-state index < -0.39 is 0 Å². The number of aromatic nitrogens is 1. The maximum absolute atomic E-state index is 11.8. The van der Waals surface area contributed by atoms with Crippen molar-refractivity contribution in [2.24, 2.45) is 0 Å². The van der Waals surface area contributed by atoms with Crippen molar-refractivity contribution < 1.29 is 4.79 Å². The number of hydrogen-bond acceptors (Lipinski definition) is 3. The first-order valence-corrected chi connectivity index (χ1v) is 6.88. The fraction of sp³-hybridized carbons (Fsp3) is 0.294. The molecule has 2 atom stereocenters. The molecule has 3 rings (SSSR count). The van der Waals surface area contributed by atoms with Crippen LogP contribution in [0.15, 0.2) is 48.8 Å². The number of hydrogen-bond donors (Lipinski definition) is 1. The van der Waals surface area contributed by atoms with Gasteiger partial charge in [-0.25, -0.2) is 0 Å². The van der Waals surface area contributed by atoms with Gasteiger partial charge in [-0.3, -0.25) is 9.78 Å². The van der Waals surface area contributed by atoms with Gasteiger partial charge in [0.1, 0.15) is 5.78 Å². The van der Waals surface area contributed by atoms with E-state index in [0.717, 1.165) is 17.5 Å². The van der Waals surface area contributed by atoms with E-state index in [4.69, 9.17) is 0 Å². The van der Waals surface area contributed by atoms with Crippen LogP contribution in [0.25, 0.3) is 11.1 Å². The van der Waals surface area contributed by atoms with Crippen LogP contribution in [0, 0.1) is 0 Å². The molecule has 1 aromatic carbocycles. The number of ketones is 1. The lowest BCUT2D eigenvalue weighted by atomic mass is 10.00. The van der Waals surface area contributed by atoms with Crippen LogP contribution >= 0.6 is 0 Å². The summed E-state index contributed by atoms with van der Waals surface area (Å²) >= 11 is 0. The van der Waals surface area contributed by atoms with E-state index in [-0.39, 0.29) is 11.3 Å². The molecule has 3 nitrogen and oxygen atoms in total. The highest BCUT2D eigenvalue weighted by atomic mass is 16.1. The Bertz CT molecular complexity index is 621. The van der Waals surface area contributed by atoms with E-state index in [1.165, 1.54) is 5.56 Å². The van der Waals surface area contributed by atoms with Gasteiger partial charge in [-0.05, 0) is 43.1 Å². The van der Waals surface area contributed by atoms with Crippen LogP contribution in [0.5, 0.6) is 0 Å². The molecule has 2 aromatic rings. The molecule has 1 aliphatic carbocycles. The summed E-state index contributed by atoms with van der Waals surface area (Å²) in [5, 5.41) is 3.19. The van der Waals surface area contributed by atoms with Crippen molar-refractivity contribution in [1.82, 2.24) is 10.3 Å². The lowest BCUT2D eigenvalue weighted by molar-refractivity contribution is -0.119. The SMILES string of the molecule is CNC1(C(C)=O)C[C@H]1c1ccc(-c2cccnc2)cc1. The summed E-state index contributed by atoms with van der Waals surface area (Å²) in [7, 11) is 1.87.